The minimum Gasteiger partial charge on any atom is -0.382 e. The molecule has 0 fully saturated rings. The van der Waals surface area contributed by atoms with Crippen molar-refractivity contribution in [1.29, 1.82) is 0 Å². The summed E-state index contributed by atoms with van der Waals surface area (Å²) in [7, 11) is 1.75. The molecule has 0 heterocycles. The van der Waals surface area contributed by atoms with Crippen LogP contribution in [0.4, 0.5) is 0 Å². The number of nitrogens with one attached hydrogen (secondary N) is 1. The highest BCUT2D eigenvalue weighted by molar-refractivity contribution is 4.70. The molecule has 1 N–H and O–H groups in total. The van der Waals surface area contributed by atoms with Gasteiger partial charge in [0.25, 0.3) is 0 Å². The molecule has 0 aromatic carbocycles. The summed E-state index contributed by atoms with van der Waals surface area (Å²) in [5.41, 5.74) is 0.230. The zero-order valence-electron chi connectivity index (χ0n) is 8.40. The predicted molar refractivity (Wildman–Crippen MR) is 48.8 cm³/mol. The number of methoxy groups -OCH3 is 1. The molecule has 0 aromatic heterocycles. The summed E-state index contributed by atoms with van der Waals surface area (Å²) < 4.78 is 5.12. The van der Waals surface area contributed by atoms with Crippen LogP contribution in [-0.4, -0.2) is 25.3 Å². The van der Waals surface area contributed by atoms with Crippen LogP contribution in [0.1, 0.15) is 34.1 Å². The van der Waals surface area contributed by atoms with Gasteiger partial charge in [-0.1, -0.05) is 0 Å². The van der Waals surface area contributed by atoms with Gasteiger partial charge in [0.1, 0.15) is 0 Å². The van der Waals surface area contributed by atoms with E-state index in [1.807, 2.05) is 0 Å². The van der Waals surface area contributed by atoms with E-state index in [1.165, 1.54) is 0 Å². The first kappa shape index (κ1) is 10.9. The van der Waals surface area contributed by atoms with E-state index in [1.54, 1.807) is 7.11 Å². The van der Waals surface area contributed by atoms with Crippen molar-refractivity contribution < 1.29 is 4.74 Å². The van der Waals surface area contributed by atoms with Crippen molar-refractivity contribution in [2.45, 2.75) is 45.8 Å². The van der Waals surface area contributed by atoms with E-state index >= 15 is 0 Å². The number of hydrogen-bond acceptors (Lipinski definition) is 2. The van der Waals surface area contributed by atoms with Crippen molar-refractivity contribution in [3.8, 4) is 0 Å². The summed E-state index contributed by atoms with van der Waals surface area (Å²) in [6.45, 7) is 9.63. The van der Waals surface area contributed by atoms with Crippen molar-refractivity contribution in [2.24, 2.45) is 0 Å². The zero-order valence-corrected chi connectivity index (χ0v) is 8.40. The second kappa shape index (κ2) is 4.73. The molecule has 0 aliphatic carbocycles. The Labute approximate surface area is 70.3 Å². The molecule has 0 rings (SSSR count). The lowest BCUT2D eigenvalue weighted by atomic mass is 10.1. The molecule has 0 radical (unpaired) electrons. The van der Waals surface area contributed by atoms with Crippen LogP contribution in [0.25, 0.3) is 0 Å². The van der Waals surface area contributed by atoms with Gasteiger partial charge in [0.05, 0.1) is 6.10 Å². The SMILES string of the molecule is COC(C)CCNC(C)(C)C. The van der Waals surface area contributed by atoms with Gasteiger partial charge in [-0.3, -0.25) is 0 Å². The standard InChI is InChI=1S/C9H21NO/c1-8(11-5)6-7-10-9(2,3)4/h8,10H,6-7H2,1-5H3. The number of ether oxygens (including phenoxy) is 1. The van der Waals surface area contributed by atoms with Crippen LogP contribution in [0.2, 0.25) is 0 Å². The predicted octanol–water partition coefficient (Wildman–Crippen LogP) is 1.80. The molecule has 68 valence electrons. The molecular weight excluding hydrogens is 138 g/mol. The van der Waals surface area contributed by atoms with Crippen LogP contribution in [0.15, 0.2) is 0 Å². The fraction of sp³-hybridized carbons (Fsp3) is 1.00. The third-order valence-corrected chi connectivity index (χ3v) is 1.61. The molecular formula is C9H21NO. The quantitative estimate of drug-likeness (QED) is 0.675. The van der Waals surface area contributed by atoms with Crippen LogP contribution in [0, 0.1) is 0 Å². The van der Waals surface area contributed by atoms with Gasteiger partial charge in [-0.05, 0) is 40.7 Å². The summed E-state index contributed by atoms with van der Waals surface area (Å²) in [4.78, 5) is 0. The summed E-state index contributed by atoms with van der Waals surface area (Å²) in [5, 5.41) is 3.41. The van der Waals surface area contributed by atoms with Gasteiger partial charge in [0.15, 0.2) is 0 Å². The van der Waals surface area contributed by atoms with Crippen molar-refractivity contribution >= 4 is 0 Å². The van der Waals surface area contributed by atoms with E-state index in [0.29, 0.717) is 6.10 Å². The highest BCUT2D eigenvalue weighted by Crippen LogP contribution is 2.00. The summed E-state index contributed by atoms with van der Waals surface area (Å²) in [5.74, 6) is 0. The van der Waals surface area contributed by atoms with Crippen molar-refractivity contribution in [1.82, 2.24) is 5.32 Å². The Morgan fingerprint density at radius 3 is 2.27 bits per heavy atom. The van der Waals surface area contributed by atoms with E-state index in [2.05, 4.69) is 33.0 Å². The molecule has 0 saturated carbocycles. The van der Waals surface area contributed by atoms with Crippen molar-refractivity contribution in [3.05, 3.63) is 0 Å². The summed E-state index contributed by atoms with van der Waals surface area (Å²) in [6.07, 6.45) is 1.44. The van der Waals surface area contributed by atoms with Crippen molar-refractivity contribution in [3.63, 3.8) is 0 Å². The molecule has 0 aromatic rings. The second-order valence-corrected chi connectivity index (χ2v) is 4.01. The first-order valence-corrected chi connectivity index (χ1v) is 4.23. The van der Waals surface area contributed by atoms with Crippen LogP contribution in [0.5, 0.6) is 0 Å². The minimum atomic E-state index is 0.230. The van der Waals surface area contributed by atoms with Gasteiger partial charge in [-0.15, -0.1) is 0 Å². The highest BCUT2D eigenvalue weighted by atomic mass is 16.5. The Kier molecular flexibility index (Phi) is 4.69. The minimum absolute atomic E-state index is 0.230. The van der Waals surface area contributed by atoms with E-state index in [-0.39, 0.29) is 5.54 Å². The number of rotatable bonds is 4. The lowest BCUT2D eigenvalue weighted by Crippen LogP contribution is -2.37. The Morgan fingerprint density at radius 2 is 1.91 bits per heavy atom. The second-order valence-electron chi connectivity index (χ2n) is 4.01. The average molecular weight is 159 g/mol. The Morgan fingerprint density at radius 1 is 1.36 bits per heavy atom. The van der Waals surface area contributed by atoms with E-state index < -0.39 is 0 Å². The fourth-order valence-corrected chi connectivity index (χ4v) is 0.768. The summed E-state index contributed by atoms with van der Waals surface area (Å²) in [6, 6.07) is 0. The van der Waals surface area contributed by atoms with Gasteiger partial charge >= 0.3 is 0 Å². The molecule has 0 aliphatic rings. The van der Waals surface area contributed by atoms with E-state index in [4.69, 9.17) is 4.74 Å². The maximum Gasteiger partial charge on any atom is 0.0555 e. The third-order valence-electron chi connectivity index (χ3n) is 1.61. The van der Waals surface area contributed by atoms with Gasteiger partial charge < -0.3 is 10.1 Å². The van der Waals surface area contributed by atoms with Crippen LogP contribution in [-0.2, 0) is 4.74 Å². The fourth-order valence-electron chi connectivity index (χ4n) is 0.768. The Bertz CT molecular complexity index is 96.2. The Balaban J connectivity index is 3.28. The normalized spacial score (nSPS) is 15.0. The lowest BCUT2D eigenvalue weighted by molar-refractivity contribution is 0.109. The lowest BCUT2D eigenvalue weighted by Gasteiger charge is -2.21. The van der Waals surface area contributed by atoms with Gasteiger partial charge in [0.2, 0.25) is 0 Å². The number of hydrogen-bond donors (Lipinski definition) is 1. The first-order valence-electron chi connectivity index (χ1n) is 4.23. The van der Waals surface area contributed by atoms with Crippen LogP contribution >= 0.6 is 0 Å². The maximum atomic E-state index is 5.12. The van der Waals surface area contributed by atoms with Crippen LogP contribution in [0.3, 0.4) is 0 Å². The average Bonchev–Trinajstić information content (AvgIpc) is 1.85. The van der Waals surface area contributed by atoms with Gasteiger partial charge in [-0.25, -0.2) is 0 Å². The molecule has 1 unspecified atom stereocenters. The molecule has 2 heteroatoms. The molecule has 11 heavy (non-hydrogen) atoms. The monoisotopic (exact) mass is 159 g/mol. The molecule has 1 atom stereocenters. The van der Waals surface area contributed by atoms with Gasteiger partial charge in [0, 0.05) is 12.6 Å². The zero-order chi connectivity index (χ0) is 8.91. The van der Waals surface area contributed by atoms with Gasteiger partial charge in [-0.2, -0.15) is 0 Å². The molecule has 0 amide bonds. The third kappa shape index (κ3) is 7.82. The summed E-state index contributed by atoms with van der Waals surface area (Å²) >= 11 is 0. The Hall–Kier alpha value is -0.0800. The van der Waals surface area contributed by atoms with E-state index in [0.717, 1.165) is 13.0 Å². The smallest absolute Gasteiger partial charge is 0.0555 e. The molecule has 0 saturated heterocycles. The molecule has 0 aliphatic heterocycles. The first-order chi connectivity index (χ1) is 4.95. The topological polar surface area (TPSA) is 21.3 Å². The molecule has 0 bridgehead atoms. The largest absolute Gasteiger partial charge is 0.382 e. The van der Waals surface area contributed by atoms with Crippen LogP contribution < -0.4 is 5.32 Å². The van der Waals surface area contributed by atoms with E-state index in [9.17, 15) is 0 Å². The maximum absolute atomic E-state index is 5.12. The molecule has 2 nitrogen and oxygen atoms in total. The highest BCUT2D eigenvalue weighted by Gasteiger charge is 2.08. The molecule has 0 spiro atoms. The van der Waals surface area contributed by atoms with Crippen molar-refractivity contribution in [2.75, 3.05) is 13.7 Å².